The molecule has 3 heteroatoms. The molecule has 2 aromatic rings. The number of carbonyl (C=O) groups excluding carboxylic acids is 2. The molecule has 0 atom stereocenters. The summed E-state index contributed by atoms with van der Waals surface area (Å²) in [5.74, 6) is -0.285. The number of hydrogen-bond donors (Lipinski definition) is 0. The lowest BCUT2D eigenvalue weighted by Gasteiger charge is -2.42. The van der Waals surface area contributed by atoms with Crippen LogP contribution in [-0.2, 0) is 26.8 Å². The van der Waals surface area contributed by atoms with Gasteiger partial charge in [-0.15, -0.1) is 0 Å². The largest absolute Gasteiger partial charge is 0.463 e. The van der Waals surface area contributed by atoms with E-state index in [1.54, 1.807) is 13.0 Å². The monoisotopic (exact) mass is 404 g/mol. The van der Waals surface area contributed by atoms with Gasteiger partial charge in [0.05, 0.1) is 6.61 Å². The zero-order valence-electron chi connectivity index (χ0n) is 18.7. The quantitative estimate of drug-likeness (QED) is 0.335. The van der Waals surface area contributed by atoms with Gasteiger partial charge < -0.3 is 4.74 Å². The first kappa shape index (κ1) is 22.0. The third-order valence-corrected chi connectivity index (χ3v) is 6.27. The van der Waals surface area contributed by atoms with Gasteiger partial charge in [-0.1, -0.05) is 64.1 Å². The van der Waals surface area contributed by atoms with Crippen LogP contribution in [0, 0.1) is 0 Å². The molecule has 0 heterocycles. The van der Waals surface area contributed by atoms with Gasteiger partial charge in [0.1, 0.15) is 0 Å². The topological polar surface area (TPSA) is 43.4 Å². The van der Waals surface area contributed by atoms with Crippen LogP contribution < -0.4 is 0 Å². The molecule has 0 amide bonds. The lowest BCUT2D eigenvalue weighted by molar-refractivity contribution is -0.137. The van der Waals surface area contributed by atoms with Crippen molar-refractivity contribution in [1.82, 2.24) is 0 Å². The summed E-state index contributed by atoms with van der Waals surface area (Å²) in [5.41, 5.74) is 5.37. The second kappa shape index (κ2) is 8.59. The smallest absolute Gasteiger partial charge is 0.330 e. The van der Waals surface area contributed by atoms with Crippen LogP contribution in [0.15, 0.2) is 48.5 Å². The Bertz CT molecular complexity index is 979. The highest BCUT2D eigenvalue weighted by Gasteiger charge is 2.37. The van der Waals surface area contributed by atoms with Crippen molar-refractivity contribution in [3.05, 3.63) is 76.4 Å². The predicted octanol–water partition coefficient (Wildman–Crippen LogP) is 6.04. The first-order valence-electron chi connectivity index (χ1n) is 10.7. The van der Waals surface area contributed by atoms with Crippen molar-refractivity contribution < 1.29 is 14.3 Å². The van der Waals surface area contributed by atoms with E-state index in [1.807, 2.05) is 30.3 Å². The van der Waals surface area contributed by atoms with Crippen LogP contribution in [0.3, 0.4) is 0 Å². The van der Waals surface area contributed by atoms with Crippen LogP contribution in [-0.4, -0.2) is 18.4 Å². The van der Waals surface area contributed by atoms with E-state index in [2.05, 4.69) is 39.8 Å². The zero-order chi connectivity index (χ0) is 21.9. The maximum Gasteiger partial charge on any atom is 0.330 e. The van der Waals surface area contributed by atoms with Crippen LogP contribution in [0.5, 0.6) is 0 Å². The average Bonchev–Trinajstić information content (AvgIpc) is 2.71. The molecule has 1 aliphatic rings. The normalized spacial score (nSPS) is 16.8. The van der Waals surface area contributed by atoms with Crippen molar-refractivity contribution in [2.75, 3.05) is 6.61 Å². The van der Waals surface area contributed by atoms with Crippen molar-refractivity contribution in [3.8, 4) is 0 Å². The van der Waals surface area contributed by atoms with Crippen molar-refractivity contribution in [1.29, 1.82) is 0 Å². The number of carbonyl (C=O) groups is 2. The number of rotatable bonds is 6. The molecule has 0 saturated heterocycles. The standard InChI is InChI=1S/C27H32O3/c1-6-30-25(29)14-12-19-9-7-8-10-20(19)18-24(28)21-11-13-22-23(17-21)27(4,5)16-15-26(22,2)3/h7-14,17H,6,15-16,18H2,1-5H3/b14-12+. The lowest BCUT2D eigenvalue weighted by atomic mass is 9.63. The van der Waals surface area contributed by atoms with E-state index < -0.39 is 0 Å². The second-order valence-corrected chi connectivity index (χ2v) is 9.41. The Kier molecular flexibility index (Phi) is 6.30. The number of esters is 1. The van der Waals surface area contributed by atoms with Crippen LogP contribution in [0.1, 0.15) is 80.1 Å². The number of Topliss-reactive ketones (excluding diaryl/α,β-unsaturated/α-hetero) is 1. The molecule has 3 rings (SSSR count). The number of ether oxygens (including phenoxy) is 1. The molecule has 30 heavy (non-hydrogen) atoms. The summed E-state index contributed by atoms with van der Waals surface area (Å²) >= 11 is 0. The van der Waals surface area contributed by atoms with Crippen LogP contribution in [0.4, 0.5) is 0 Å². The van der Waals surface area contributed by atoms with Gasteiger partial charge in [0.15, 0.2) is 5.78 Å². The molecule has 1 aliphatic carbocycles. The summed E-state index contributed by atoms with van der Waals surface area (Å²) in [7, 11) is 0. The van der Waals surface area contributed by atoms with Crippen LogP contribution >= 0.6 is 0 Å². The molecule has 0 fully saturated rings. The van der Waals surface area contributed by atoms with Gasteiger partial charge in [0.2, 0.25) is 0 Å². The zero-order valence-corrected chi connectivity index (χ0v) is 18.7. The van der Waals surface area contributed by atoms with Crippen LogP contribution in [0.2, 0.25) is 0 Å². The Balaban J connectivity index is 1.87. The van der Waals surface area contributed by atoms with E-state index in [9.17, 15) is 9.59 Å². The minimum absolute atomic E-state index is 0.0709. The summed E-state index contributed by atoms with van der Waals surface area (Å²) in [5, 5.41) is 0. The number of ketones is 1. The fourth-order valence-electron chi connectivity index (χ4n) is 4.24. The van der Waals surface area contributed by atoms with E-state index >= 15 is 0 Å². The summed E-state index contributed by atoms with van der Waals surface area (Å²) in [4.78, 5) is 24.8. The highest BCUT2D eigenvalue weighted by Crippen LogP contribution is 2.45. The molecule has 0 saturated carbocycles. The van der Waals surface area contributed by atoms with Gasteiger partial charge in [-0.05, 0) is 65.0 Å². The molecule has 0 N–H and O–H groups in total. The van der Waals surface area contributed by atoms with Crippen molar-refractivity contribution in [3.63, 3.8) is 0 Å². The highest BCUT2D eigenvalue weighted by molar-refractivity contribution is 5.98. The number of fused-ring (bicyclic) bond motifs is 1. The molecular formula is C27H32O3. The first-order valence-corrected chi connectivity index (χ1v) is 10.7. The Morgan fingerprint density at radius 1 is 0.967 bits per heavy atom. The van der Waals surface area contributed by atoms with E-state index in [0.717, 1.165) is 29.5 Å². The van der Waals surface area contributed by atoms with Gasteiger partial charge in [-0.2, -0.15) is 0 Å². The molecule has 0 unspecified atom stereocenters. The van der Waals surface area contributed by atoms with Crippen LogP contribution in [0.25, 0.3) is 6.08 Å². The molecule has 158 valence electrons. The summed E-state index contributed by atoms with van der Waals surface area (Å²) in [6, 6.07) is 13.9. The maximum atomic E-state index is 13.1. The van der Waals surface area contributed by atoms with Crippen molar-refractivity contribution in [2.24, 2.45) is 0 Å². The SMILES string of the molecule is CCOC(=O)/C=C/c1ccccc1CC(=O)c1ccc2c(c1)C(C)(C)CCC2(C)C. The van der Waals surface area contributed by atoms with Gasteiger partial charge >= 0.3 is 5.97 Å². The Labute approximate surface area is 180 Å². The molecule has 3 nitrogen and oxygen atoms in total. The third-order valence-electron chi connectivity index (χ3n) is 6.27. The lowest BCUT2D eigenvalue weighted by Crippen LogP contribution is -2.34. The van der Waals surface area contributed by atoms with E-state index in [1.165, 1.54) is 17.2 Å². The van der Waals surface area contributed by atoms with E-state index in [4.69, 9.17) is 4.74 Å². The molecule has 0 aromatic heterocycles. The van der Waals surface area contributed by atoms with Crippen molar-refractivity contribution >= 4 is 17.8 Å². The third kappa shape index (κ3) is 4.72. The maximum absolute atomic E-state index is 13.1. The minimum atomic E-state index is -0.377. The molecular weight excluding hydrogens is 372 g/mol. The summed E-state index contributed by atoms with van der Waals surface area (Å²) < 4.78 is 4.95. The van der Waals surface area contributed by atoms with Gasteiger partial charge in [0, 0.05) is 18.1 Å². The first-order chi connectivity index (χ1) is 14.1. The Morgan fingerprint density at radius 2 is 1.63 bits per heavy atom. The second-order valence-electron chi connectivity index (χ2n) is 9.41. The fourth-order valence-corrected chi connectivity index (χ4v) is 4.24. The van der Waals surface area contributed by atoms with Gasteiger partial charge in [0.25, 0.3) is 0 Å². The fraction of sp³-hybridized carbons (Fsp3) is 0.407. The highest BCUT2D eigenvalue weighted by atomic mass is 16.5. The average molecular weight is 405 g/mol. The van der Waals surface area contributed by atoms with E-state index in [-0.39, 0.29) is 22.6 Å². The minimum Gasteiger partial charge on any atom is -0.463 e. The molecule has 0 spiro atoms. The summed E-state index contributed by atoms with van der Waals surface area (Å²) in [6.45, 7) is 11.2. The molecule has 0 bridgehead atoms. The summed E-state index contributed by atoms with van der Waals surface area (Å²) in [6.07, 6.45) is 5.70. The van der Waals surface area contributed by atoms with Crippen molar-refractivity contribution in [2.45, 2.75) is 64.7 Å². The molecule has 0 aliphatic heterocycles. The Hall–Kier alpha value is -2.68. The molecule has 0 radical (unpaired) electrons. The molecule has 2 aromatic carbocycles. The van der Waals surface area contributed by atoms with Gasteiger partial charge in [-0.3, -0.25) is 4.79 Å². The Morgan fingerprint density at radius 3 is 2.33 bits per heavy atom. The number of benzene rings is 2. The van der Waals surface area contributed by atoms with E-state index in [0.29, 0.717) is 13.0 Å². The number of hydrogen-bond acceptors (Lipinski definition) is 3. The van der Waals surface area contributed by atoms with Gasteiger partial charge in [-0.25, -0.2) is 4.79 Å². The predicted molar refractivity (Wildman–Crippen MR) is 122 cm³/mol.